The van der Waals surface area contributed by atoms with Crippen LogP contribution in [0.25, 0.3) is 0 Å². The van der Waals surface area contributed by atoms with E-state index in [0.717, 1.165) is 19.3 Å². The van der Waals surface area contributed by atoms with E-state index < -0.39 is 21.6 Å². The zero-order chi connectivity index (χ0) is 30.2. The second kappa shape index (κ2) is 23.7. The van der Waals surface area contributed by atoms with Gasteiger partial charge in [0.25, 0.3) is 0 Å². The molecule has 0 N–H and O–H groups in total. The van der Waals surface area contributed by atoms with Gasteiger partial charge in [-0.3, -0.25) is 4.79 Å². The number of carbonyl (C=O) groups excluding carboxylic acids is 1. The largest absolute Gasteiger partial charge is 0.297 e. The van der Waals surface area contributed by atoms with Gasteiger partial charge in [0.2, 0.25) is 0 Å². The van der Waals surface area contributed by atoms with Crippen molar-refractivity contribution in [1.82, 2.24) is 0 Å². The molecule has 3 heteroatoms. The molecule has 0 aromatic carbocycles. The molecule has 0 atom stereocenters. The number of carbonyl (C=O) groups is 1. The molecule has 0 amide bonds. The van der Waals surface area contributed by atoms with Crippen LogP contribution in [0.1, 0.15) is 165 Å². The summed E-state index contributed by atoms with van der Waals surface area (Å²) in [6.45, 7) is 18.5. The van der Waals surface area contributed by atoms with Crippen molar-refractivity contribution in [2.45, 2.75) is 201 Å². The Bertz CT molecular complexity index is 700. The number of ketones is 1. The van der Waals surface area contributed by atoms with E-state index in [4.69, 9.17) is 0 Å². The van der Waals surface area contributed by atoms with Crippen molar-refractivity contribution in [3.63, 3.8) is 0 Å². The van der Waals surface area contributed by atoms with Crippen molar-refractivity contribution in [3.05, 3.63) is 0 Å². The summed E-state index contributed by atoms with van der Waals surface area (Å²) in [7, 11) is -3.34. The van der Waals surface area contributed by atoms with E-state index in [-0.39, 0.29) is 0 Å². The predicted octanol–water partition coefficient (Wildman–Crippen LogP) is 12.3. The van der Waals surface area contributed by atoms with Crippen molar-refractivity contribution in [2.75, 3.05) is 0 Å². The number of Topliss-reactive ketones (excluding diaryl/α,β-unsaturated/α-hetero) is 1. The van der Waals surface area contributed by atoms with Crippen molar-refractivity contribution in [1.29, 1.82) is 0 Å². The highest BCUT2D eigenvalue weighted by atomic mass is 28.3. The maximum absolute atomic E-state index is 14.2. The van der Waals surface area contributed by atoms with Crippen LogP contribution in [0.2, 0.25) is 36.3 Å². The first-order chi connectivity index (χ1) is 19.3. The first-order valence-corrected chi connectivity index (χ1v) is 23.2. The molecule has 0 radical (unpaired) electrons. The van der Waals surface area contributed by atoms with Gasteiger partial charge in [-0.25, -0.2) is 0 Å². The maximum Gasteiger partial charge on any atom is 0.162 e. The molecule has 232 valence electrons. The third-order valence-electron chi connectivity index (χ3n) is 10.0. The Morgan fingerprint density at radius 1 is 0.475 bits per heavy atom. The van der Waals surface area contributed by atoms with E-state index in [0.29, 0.717) is 12.2 Å². The molecule has 0 aliphatic carbocycles. The molecule has 0 heterocycles. The van der Waals surface area contributed by atoms with Crippen molar-refractivity contribution in [2.24, 2.45) is 5.41 Å². The lowest BCUT2D eigenvalue weighted by Gasteiger charge is -2.27. The Kier molecular flexibility index (Phi) is 23.3. The lowest BCUT2D eigenvalue weighted by molar-refractivity contribution is -0.124. The summed E-state index contributed by atoms with van der Waals surface area (Å²) in [5.74, 6) is 7.89. The third-order valence-corrected chi connectivity index (χ3v) is 19.5. The molecular weight excluding hydrogens is 517 g/mol. The SMILES string of the molecule is CCCCCCCCCCC(=O)C(C#C[Si](CC)(CC)CC)(C#C[Si](CC)(CC)CC)CCCCCCCCC. The second-order valence-electron chi connectivity index (χ2n) is 12.6. The molecule has 0 aromatic rings. The quantitative estimate of drug-likeness (QED) is 0.0624. The summed E-state index contributed by atoms with van der Waals surface area (Å²) in [5, 5.41) is 0. The first kappa shape index (κ1) is 39.2. The van der Waals surface area contributed by atoms with Crippen LogP contribution in [-0.4, -0.2) is 21.9 Å². The minimum atomic E-state index is -1.67. The molecule has 0 aromatic heterocycles. The summed E-state index contributed by atoms with van der Waals surface area (Å²) >= 11 is 0. The average molecular weight is 587 g/mol. The van der Waals surface area contributed by atoms with Gasteiger partial charge in [0.1, 0.15) is 21.6 Å². The van der Waals surface area contributed by atoms with E-state index in [1.807, 2.05) is 0 Å². The molecule has 1 nitrogen and oxygen atoms in total. The molecule has 0 aliphatic rings. The van der Waals surface area contributed by atoms with Crippen LogP contribution in [0.3, 0.4) is 0 Å². The Labute approximate surface area is 255 Å². The standard InChI is InChI=1S/C37H70OSi2/c1-9-17-19-21-23-24-26-28-30-36(38)37(31-29-27-25-22-20-18-10-2,32-34-39(11-3,12-4)13-5)33-35-40(14-6,15-7)16-8/h9-31H2,1-8H3. The smallest absolute Gasteiger partial charge is 0.162 e. The zero-order valence-corrected chi connectivity index (χ0v) is 30.7. The van der Waals surface area contributed by atoms with E-state index >= 15 is 0 Å². The van der Waals surface area contributed by atoms with Crippen molar-refractivity contribution in [3.8, 4) is 22.9 Å². The molecule has 0 aliphatic heterocycles. The summed E-state index contributed by atoms with van der Waals surface area (Å²) in [5.41, 5.74) is 7.01. The Hall–Kier alpha value is -0.776. The van der Waals surface area contributed by atoms with Crippen LogP contribution in [0.5, 0.6) is 0 Å². The van der Waals surface area contributed by atoms with Crippen molar-refractivity contribution < 1.29 is 4.79 Å². The van der Waals surface area contributed by atoms with Gasteiger partial charge >= 0.3 is 0 Å². The van der Waals surface area contributed by atoms with E-state index in [2.05, 4.69) is 78.3 Å². The molecule has 0 spiro atoms. The summed E-state index contributed by atoms with van der Waals surface area (Å²) in [4.78, 5) is 14.2. The maximum atomic E-state index is 14.2. The number of hydrogen-bond acceptors (Lipinski definition) is 1. The highest BCUT2D eigenvalue weighted by Crippen LogP contribution is 2.31. The van der Waals surface area contributed by atoms with E-state index in [9.17, 15) is 4.79 Å². The zero-order valence-electron chi connectivity index (χ0n) is 28.7. The highest BCUT2D eigenvalue weighted by molar-refractivity contribution is 6.87. The van der Waals surface area contributed by atoms with E-state index in [1.165, 1.54) is 120 Å². The topological polar surface area (TPSA) is 17.1 Å². The van der Waals surface area contributed by atoms with Gasteiger partial charge in [-0.2, -0.15) is 0 Å². The summed E-state index contributed by atoms with van der Waals surface area (Å²) in [6, 6.07) is 7.07. The van der Waals surface area contributed by atoms with Gasteiger partial charge in [0.05, 0.1) is 0 Å². The van der Waals surface area contributed by atoms with Gasteiger partial charge < -0.3 is 0 Å². The Balaban J connectivity index is 6.10. The molecule has 0 bridgehead atoms. The van der Waals surface area contributed by atoms with Gasteiger partial charge in [-0.05, 0) is 49.1 Å². The van der Waals surface area contributed by atoms with Crippen LogP contribution < -0.4 is 0 Å². The Morgan fingerprint density at radius 2 is 0.800 bits per heavy atom. The lowest BCUT2D eigenvalue weighted by Crippen LogP contribution is -2.35. The van der Waals surface area contributed by atoms with Gasteiger partial charge in [-0.15, -0.1) is 11.1 Å². The van der Waals surface area contributed by atoms with Gasteiger partial charge in [0.15, 0.2) is 5.78 Å². The van der Waals surface area contributed by atoms with Crippen LogP contribution in [0.15, 0.2) is 0 Å². The van der Waals surface area contributed by atoms with Crippen LogP contribution >= 0.6 is 0 Å². The van der Waals surface area contributed by atoms with Gasteiger partial charge in [0, 0.05) is 6.42 Å². The van der Waals surface area contributed by atoms with Crippen LogP contribution in [-0.2, 0) is 4.79 Å². The number of rotatable bonds is 24. The van der Waals surface area contributed by atoms with Crippen molar-refractivity contribution >= 4 is 21.9 Å². The molecule has 0 rings (SSSR count). The van der Waals surface area contributed by atoms with E-state index in [1.54, 1.807) is 0 Å². The molecule has 0 unspecified atom stereocenters. The fourth-order valence-corrected chi connectivity index (χ4v) is 10.9. The third kappa shape index (κ3) is 14.9. The fourth-order valence-electron chi connectivity index (χ4n) is 5.92. The normalized spacial score (nSPS) is 12.0. The minimum absolute atomic E-state index is 0.349. The van der Waals surface area contributed by atoms with Crippen LogP contribution in [0.4, 0.5) is 0 Å². The number of hydrogen-bond donors (Lipinski definition) is 0. The predicted molar refractivity (Wildman–Crippen MR) is 187 cm³/mol. The molecule has 40 heavy (non-hydrogen) atoms. The summed E-state index contributed by atoms with van der Waals surface area (Å²) < 4.78 is 0. The lowest BCUT2D eigenvalue weighted by atomic mass is 9.78. The Morgan fingerprint density at radius 3 is 1.15 bits per heavy atom. The number of unbranched alkanes of at least 4 members (excludes halogenated alkanes) is 13. The molecule has 0 fully saturated rings. The molecule has 0 saturated heterocycles. The minimum Gasteiger partial charge on any atom is -0.297 e. The highest BCUT2D eigenvalue weighted by Gasteiger charge is 2.36. The van der Waals surface area contributed by atoms with Gasteiger partial charge in [-0.1, -0.05) is 157 Å². The molecular formula is C37H70OSi2. The summed E-state index contributed by atoms with van der Waals surface area (Å²) in [6.07, 6.45) is 20.5. The average Bonchev–Trinajstić information content (AvgIpc) is 2.99. The first-order valence-electron chi connectivity index (χ1n) is 17.9. The molecule has 0 saturated carbocycles. The fraction of sp³-hybridized carbons (Fsp3) is 0.865. The van der Waals surface area contributed by atoms with Crippen LogP contribution in [0, 0.1) is 28.3 Å². The second-order valence-corrected chi connectivity index (χ2v) is 22.5. The monoisotopic (exact) mass is 586 g/mol.